The van der Waals surface area contributed by atoms with E-state index in [0.29, 0.717) is 12.8 Å². The second-order valence-corrected chi connectivity index (χ2v) is 7.12. The van der Waals surface area contributed by atoms with E-state index in [1.54, 1.807) is 0 Å². The molecule has 0 saturated heterocycles. The number of aryl methyl sites for hydroxylation is 2. The Hall–Kier alpha value is -2.98. The van der Waals surface area contributed by atoms with Crippen LogP contribution >= 0.6 is 0 Å². The molecule has 152 valence electrons. The van der Waals surface area contributed by atoms with Gasteiger partial charge in [0.1, 0.15) is 11.5 Å². The van der Waals surface area contributed by atoms with Crippen molar-refractivity contribution in [2.75, 3.05) is 0 Å². The Balaban J connectivity index is 1.98. The van der Waals surface area contributed by atoms with Crippen LogP contribution in [-0.4, -0.2) is 6.29 Å². The lowest BCUT2D eigenvalue weighted by molar-refractivity contribution is -0.00246. The maximum Gasteiger partial charge on any atom is 0.241 e. The Labute approximate surface area is 174 Å². The molecule has 29 heavy (non-hydrogen) atoms. The van der Waals surface area contributed by atoms with Gasteiger partial charge in [0.05, 0.1) is 12.1 Å². The van der Waals surface area contributed by atoms with E-state index < -0.39 is 0 Å². The molecule has 0 heterocycles. The molecule has 2 rings (SSSR count). The maximum absolute atomic E-state index is 8.72. The second-order valence-electron chi connectivity index (χ2n) is 7.12. The molecule has 0 aromatic heterocycles. The Morgan fingerprint density at radius 2 is 1.21 bits per heavy atom. The van der Waals surface area contributed by atoms with Gasteiger partial charge in [0.15, 0.2) is 0 Å². The van der Waals surface area contributed by atoms with Gasteiger partial charge in [-0.3, -0.25) is 0 Å². The van der Waals surface area contributed by atoms with Crippen LogP contribution in [0, 0.1) is 22.7 Å². The van der Waals surface area contributed by atoms with Gasteiger partial charge in [-0.1, -0.05) is 50.5 Å². The van der Waals surface area contributed by atoms with Gasteiger partial charge >= 0.3 is 0 Å². The lowest BCUT2D eigenvalue weighted by Crippen LogP contribution is -2.24. The monoisotopic (exact) mass is 390 g/mol. The van der Waals surface area contributed by atoms with E-state index in [0.717, 1.165) is 48.3 Å². The lowest BCUT2D eigenvalue weighted by Gasteiger charge is -2.21. The lowest BCUT2D eigenvalue weighted by atomic mass is 10.1. The molecule has 2 aromatic rings. The van der Waals surface area contributed by atoms with Gasteiger partial charge in [0.25, 0.3) is 0 Å². The van der Waals surface area contributed by atoms with Gasteiger partial charge in [0.2, 0.25) is 6.29 Å². The fourth-order valence-electron chi connectivity index (χ4n) is 3.05. The predicted molar refractivity (Wildman–Crippen MR) is 115 cm³/mol. The van der Waals surface area contributed by atoms with Gasteiger partial charge < -0.3 is 9.47 Å². The predicted octanol–water partition coefficient (Wildman–Crippen LogP) is 6.35. The highest BCUT2D eigenvalue weighted by molar-refractivity contribution is 5.29. The van der Waals surface area contributed by atoms with Crippen molar-refractivity contribution < 1.29 is 9.47 Å². The number of rotatable bonds is 13. The molecule has 0 amide bonds. The zero-order valence-corrected chi connectivity index (χ0v) is 17.3. The SMILES string of the molecule is CCCCCCC(Oc1ccc(CCC#N)cc1)Oc1ccc(CCC#N)cc1. The summed E-state index contributed by atoms with van der Waals surface area (Å²) in [5, 5.41) is 17.4. The third-order valence-corrected chi connectivity index (χ3v) is 4.73. The van der Waals surface area contributed by atoms with Crippen molar-refractivity contribution in [2.24, 2.45) is 0 Å². The molecule has 0 aliphatic carbocycles. The summed E-state index contributed by atoms with van der Waals surface area (Å²) in [6.45, 7) is 2.20. The number of benzene rings is 2. The maximum atomic E-state index is 8.72. The molecule has 0 radical (unpaired) electrons. The van der Waals surface area contributed by atoms with Crippen molar-refractivity contribution in [3.05, 3.63) is 59.7 Å². The molecular formula is C25H30N2O2. The van der Waals surface area contributed by atoms with Gasteiger partial charge in [-0.05, 0) is 54.7 Å². The highest BCUT2D eigenvalue weighted by atomic mass is 16.7. The van der Waals surface area contributed by atoms with Crippen molar-refractivity contribution >= 4 is 0 Å². The van der Waals surface area contributed by atoms with Crippen molar-refractivity contribution in [3.63, 3.8) is 0 Å². The fraction of sp³-hybridized carbons (Fsp3) is 0.440. The van der Waals surface area contributed by atoms with Crippen molar-refractivity contribution in [1.82, 2.24) is 0 Å². The first-order chi connectivity index (χ1) is 14.2. The van der Waals surface area contributed by atoms with Crippen LogP contribution < -0.4 is 9.47 Å². The van der Waals surface area contributed by atoms with Crippen LogP contribution in [-0.2, 0) is 12.8 Å². The van der Waals surface area contributed by atoms with Gasteiger partial charge in [-0.25, -0.2) is 0 Å². The summed E-state index contributed by atoms with van der Waals surface area (Å²) < 4.78 is 12.2. The molecule has 0 bridgehead atoms. The number of hydrogen-bond acceptors (Lipinski definition) is 4. The highest BCUT2D eigenvalue weighted by Gasteiger charge is 2.13. The Kier molecular flexibility index (Phi) is 10.2. The van der Waals surface area contributed by atoms with Crippen molar-refractivity contribution in [2.45, 2.75) is 71.0 Å². The average molecular weight is 391 g/mol. The molecule has 0 aliphatic rings. The molecule has 0 N–H and O–H groups in total. The number of hydrogen-bond donors (Lipinski definition) is 0. The third-order valence-electron chi connectivity index (χ3n) is 4.73. The van der Waals surface area contributed by atoms with E-state index >= 15 is 0 Å². The first-order valence-electron chi connectivity index (χ1n) is 10.5. The molecule has 0 unspecified atom stereocenters. The standard InChI is InChI=1S/C25H30N2O2/c1-2-3-4-5-10-25(28-23-15-11-21(12-16-23)8-6-19-26)29-24-17-13-22(14-18-24)9-7-20-27/h11-18,25H,2-10H2,1H3. The molecule has 2 aromatic carbocycles. The highest BCUT2D eigenvalue weighted by Crippen LogP contribution is 2.21. The summed E-state index contributed by atoms with van der Waals surface area (Å²) in [5.74, 6) is 1.55. The zero-order valence-electron chi connectivity index (χ0n) is 17.3. The smallest absolute Gasteiger partial charge is 0.241 e. The zero-order chi connectivity index (χ0) is 20.7. The van der Waals surface area contributed by atoms with Crippen LogP contribution in [0.25, 0.3) is 0 Å². The normalized spacial score (nSPS) is 10.3. The minimum atomic E-state index is -0.346. The van der Waals surface area contributed by atoms with Crippen molar-refractivity contribution in [3.8, 4) is 23.6 Å². The number of nitriles is 2. The summed E-state index contributed by atoms with van der Waals surface area (Å²) in [6, 6.07) is 20.1. The molecule has 0 saturated carbocycles. The summed E-state index contributed by atoms with van der Waals surface area (Å²) >= 11 is 0. The minimum Gasteiger partial charge on any atom is -0.455 e. The van der Waals surface area contributed by atoms with Gasteiger partial charge in [0, 0.05) is 19.3 Å². The van der Waals surface area contributed by atoms with Crippen LogP contribution in [0.1, 0.15) is 63.0 Å². The van der Waals surface area contributed by atoms with Crippen LogP contribution in [0.5, 0.6) is 11.5 Å². The Morgan fingerprint density at radius 3 is 1.62 bits per heavy atom. The summed E-state index contributed by atoms with van der Waals surface area (Å²) in [6.07, 6.45) is 7.67. The summed E-state index contributed by atoms with van der Waals surface area (Å²) in [5.41, 5.74) is 2.26. The first kappa shape index (κ1) is 22.3. The second kappa shape index (κ2) is 13.2. The molecule has 0 aliphatic heterocycles. The first-order valence-corrected chi connectivity index (χ1v) is 10.5. The van der Waals surface area contributed by atoms with Gasteiger partial charge in [-0.2, -0.15) is 10.5 Å². The molecule has 0 atom stereocenters. The quantitative estimate of drug-likeness (QED) is 0.295. The van der Waals surface area contributed by atoms with E-state index in [4.69, 9.17) is 20.0 Å². The average Bonchev–Trinajstić information content (AvgIpc) is 2.75. The molecule has 4 heteroatoms. The number of nitrogens with zero attached hydrogens (tertiary/aromatic N) is 2. The molecular weight excluding hydrogens is 360 g/mol. The van der Waals surface area contributed by atoms with Gasteiger partial charge in [-0.15, -0.1) is 0 Å². The van der Waals surface area contributed by atoms with Crippen molar-refractivity contribution in [1.29, 1.82) is 10.5 Å². The minimum absolute atomic E-state index is 0.346. The summed E-state index contributed by atoms with van der Waals surface area (Å²) in [4.78, 5) is 0. The molecule has 0 fully saturated rings. The molecule has 4 nitrogen and oxygen atoms in total. The Bertz CT molecular complexity index is 722. The van der Waals surface area contributed by atoms with Crippen LogP contribution in [0.2, 0.25) is 0 Å². The van der Waals surface area contributed by atoms with E-state index in [1.807, 2.05) is 48.5 Å². The van der Waals surface area contributed by atoms with E-state index in [-0.39, 0.29) is 6.29 Å². The van der Waals surface area contributed by atoms with E-state index in [9.17, 15) is 0 Å². The van der Waals surface area contributed by atoms with Crippen LogP contribution in [0.15, 0.2) is 48.5 Å². The number of unbranched alkanes of at least 4 members (excludes halogenated alkanes) is 3. The topological polar surface area (TPSA) is 66.0 Å². The third kappa shape index (κ3) is 8.71. The number of ether oxygens (including phenoxy) is 2. The fourth-order valence-corrected chi connectivity index (χ4v) is 3.05. The van der Waals surface area contributed by atoms with Crippen LogP contribution in [0.4, 0.5) is 0 Å². The summed E-state index contributed by atoms with van der Waals surface area (Å²) in [7, 11) is 0. The molecule has 0 spiro atoms. The Morgan fingerprint density at radius 1 is 0.724 bits per heavy atom. The van der Waals surface area contributed by atoms with E-state index in [1.165, 1.54) is 19.3 Å². The largest absolute Gasteiger partial charge is 0.455 e. The van der Waals surface area contributed by atoms with E-state index in [2.05, 4.69) is 19.1 Å². The van der Waals surface area contributed by atoms with Crippen LogP contribution in [0.3, 0.4) is 0 Å².